The molecule has 0 saturated carbocycles. The van der Waals surface area contributed by atoms with E-state index < -0.39 is 0 Å². The van der Waals surface area contributed by atoms with Crippen molar-refractivity contribution in [1.82, 2.24) is 4.98 Å². The number of H-pyrrole nitrogens is 1. The molecule has 0 spiro atoms. The molecule has 2 nitrogen and oxygen atoms in total. The lowest BCUT2D eigenvalue weighted by molar-refractivity contribution is -0.00298. The second-order valence-corrected chi connectivity index (χ2v) is 5.26. The summed E-state index contributed by atoms with van der Waals surface area (Å²) in [7, 11) is 0. The van der Waals surface area contributed by atoms with Crippen molar-refractivity contribution in [2.45, 2.75) is 25.9 Å². The van der Waals surface area contributed by atoms with Crippen LogP contribution in [-0.4, -0.2) is 17.2 Å². The highest BCUT2D eigenvalue weighted by molar-refractivity contribution is 5.84. The Balaban J connectivity index is 2.00. The van der Waals surface area contributed by atoms with Gasteiger partial charge in [0.15, 0.2) is 0 Å². The maximum Gasteiger partial charge on any atom is 0.0671 e. The van der Waals surface area contributed by atoms with E-state index in [2.05, 4.69) is 49.2 Å². The van der Waals surface area contributed by atoms with Gasteiger partial charge in [-0.05, 0) is 48.6 Å². The predicted octanol–water partition coefficient (Wildman–Crippen LogP) is 3.75. The number of benzene rings is 1. The van der Waals surface area contributed by atoms with E-state index in [4.69, 9.17) is 4.74 Å². The molecule has 3 rings (SSSR count). The molecule has 2 heteroatoms. The minimum Gasteiger partial charge on any atom is -0.371 e. The Hall–Kier alpha value is -1.54. The lowest BCUT2D eigenvalue weighted by Crippen LogP contribution is -2.28. The molecule has 88 valence electrons. The van der Waals surface area contributed by atoms with Crippen LogP contribution in [0.3, 0.4) is 0 Å². The summed E-state index contributed by atoms with van der Waals surface area (Å²) in [5.41, 5.74) is 3.86. The van der Waals surface area contributed by atoms with Crippen LogP contribution >= 0.6 is 0 Å². The molecule has 0 fully saturated rings. The molecule has 0 bridgehead atoms. The third-order valence-electron chi connectivity index (χ3n) is 3.34. The Morgan fingerprint density at radius 1 is 1.24 bits per heavy atom. The maximum atomic E-state index is 5.71. The average molecular weight is 227 g/mol. The first-order chi connectivity index (χ1) is 8.14. The number of aromatic nitrogens is 1. The van der Waals surface area contributed by atoms with Gasteiger partial charge in [0.1, 0.15) is 0 Å². The Morgan fingerprint density at radius 2 is 2.12 bits per heavy atom. The predicted molar refractivity (Wildman–Crippen MR) is 70.9 cm³/mol. The molecule has 0 amide bonds. The summed E-state index contributed by atoms with van der Waals surface area (Å²) >= 11 is 0. The zero-order valence-electron chi connectivity index (χ0n) is 10.3. The third kappa shape index (κ3) is 2.01. The number of ether oxygens (including phenoxy) is 1. The molecule has 1 aromatic carbocycles. The van der Waals surface area contributed by atoms with E-state index in [9.17, 15) is 0 Å². The topological polar surface area (TPSA) is 25.0 Å². The molecule has 0 radical (unpaired) electrons. The Labute approximate surface area is 101 Å². The third-order valence-corrected chi connectivity index (χ3v) is 3.34. The molecule has 1 aliphatic heterocycles. The van der Waals surface area contributed by atoms with Gasteiger partial charge in [-0.3, -0.25) is 0 Å². The first-order valence-corrected chi connectivity index (χ1v) is 6.05. The highest BCUT2D eigenvalue weighted by atomic mass is 16.5. The molecule has 1 aliphatic rings. The molecule has 0 atom stereocenters. The van der Waals surface area contributed by atoms with Crippen LogP contribution in [0.25, 0.3) is 16.5 Å². The number of nitrogens with one attached hydrogen (secondary N) is 1. The molecule has 2 heterocycles. The average Bonchev–Trinajstić information content (AvgIpc) is 2.74. The van der Waals surface area contributed by atoms with Gasteiger partial charge in [0.2, 0.25) is 0 Å². The van der Waals surface area contributed by atoms with Crippen LogP contribution in [-0.2, 0) is 4.74 Å². The van der Waals surface area contributed by atoms with Crippen LogP contribution in [0.1, 0.15) is 25.8 Å². The monoisotopic (exact) mass is 227 g/mol. The van der Waals surface area contributed by atoms with Crippen molar-refractivity contribution in [3.8, 4) is 0 Å². The highest BCUT2D eigenvalue weighted by Gasteiger charge is 2.24. The van der Waals surface area contributed by atoms with Crippen molar-refractivity contribution in [3.05, 3.63) is 42.1 Å². The second kappa shape index (κ2) is 3.74. The van der Waals surface area contributed by atoms with Crippen LogP contribution in [0.4, 0.5) is 0 Å². The van der Waals surface area contributed by atoms with Gasteiger partial charge in [0.25, 0.3) is 0 Å². The summed E-state index contributed by atoms with van der Waals surface area (Å²) in [4.78, 5) is 3.22. The minimum atomic E-state index is -0.0445. The van der Waals surface area contributed by atoms with Gasteiger partial charge >= 0.3 is 0 Å². The molecule has 2 aromatic rings. The maximum absolute atomic E-state index is 5.71. The van der Waals surface area contributed by atoms with Gasteiger partial charge < -0.3 is 9.72 Å². The van der Waals surface area contributed by atoms with E-state index in [1.807, 2.05) is 6.20 Å². The lowest BCUT2D eigenvalue weighted by atomic mass is 9.91. The van der Waals surface area contributed by atoms with Crippen LogP contribution < -0.4 is 0 Å². The first-order valence-electron chi connectivity index (χ1n) is 6.05. The smallest absolute Gasteiger partial charge is 0.0671 e. The molecule has 0 aliphatic carbocycles. The van der Waals surface area contributed by atoms with E-state index >= 15 is 0 Å². The Morgan fingerprint density at radius 3 is 2.94 bits per heavy atom. The van der Waals surface area contributed by atoms with Crippen molar-refractivity contribution in [3.63, 3.8) is 0 Å². The summed E-state index contributed by atoms with van der Waals surface area (Å²) in [6, 6.07) is 8.70. The molecule has 1 N–H and O–H groups in total. The Kier molecular flexibility index (Phi) is 2.33. The van der Waals surface area contributed by atoms with Crippen molar-refractivity contribution in [2.24, 2.45) is 0 Å². The summed E-state index contributed by atoms with van der Waals surface area (Å²) < 4.78 is 5.71. The van der Waals surface area contributed by atoms with E-state index in [1.54, 1.807) is 0 Å². The SMILES string of the molecule is CC1(C)CC(c2ccc3[nH]ccc3c2)=CCO1. The number of rotatable bonds is 1. The normalized spacial score (nSPS) is 19.3. The number of hydrogen-bond donors (Lipinski definition) is 1. The summed E-state index contributed by atoms with van der Waals surface area (Å²) in [5, 5.41) is 1.27. The minimum absolute atomic E-state index is 0.0445. The van der Waals surface area contributed by atoms with E-state index in [0.29, 0.717) is 6.61 Å². The number of fused-ring (bicyclic) bond motifs is 1. The molecule has 1 aromatic heterocycles. The zero-order chi connectivity index (χ0) is 11.9. The van der Waals surface area contributed by atoms with Crippen molar-refractivity contribution in [2.75, 3.05) is 6.61 Å². The summed E-state index contributed by atoms with van der Waals surface area (Å²) in [6.07, 6.45) is 5.15. The van der Waals surface area contributed by atoms with Crippen LogP contribution in [0.15, 0.2) is 36.5 Å². The largest absolute Gasteiger partial charge is 0.371 e. The Bertz CT molecular complexity index is 577. The molecular weight excluding hydrogens is 210 g/mol. The quantitative estimate of drug-likeness (QED) is 0.788. The standard InChI is InChI=1S/C15H17NO/c1-15(2)10-13(6-8-17-15)11-3-4-14-12(9-11)5-7-16-14/h3-7,9,16H,8,10H2,1-2H3. The molecular formula is C15H17NO. The second-order valence-electron chi connectivity index (χ2n) is 5.26. The van der Waals surface area contributed by atoms with E-state index in [1.165, 1.54) is 22.0 Å². The first kappa shape index (κ1) is 10.6. The summed E-state index contributed by atoms with van der Waals surface area (Å²) in [5.74, 6) is 0. The van der Waals surface area contributed by atoms with Gasteiger partial charge in [0.05, 0.1) is 12.2 Å². The van der Waals surface area contributed by atoms with Crippen LogP contribution in [0.2, 0.25) is 0 Å². The van der Waals surface area contributed by atoms with Crippen LogP contribution in [0.5, 0.6) is 0 Å². The van der Waals surface area contributed by atoms with E-state index in [-0.39, 0.29) is 5.60 Å². The molecule has 0 saturated heterocycles. The van der Waals surface area contributed by atoms with Gasteiger partial charge in [0, 0.05) is 18.1 Å². The van der Waals surface area contributed by atoms with Gasteiger partial charge in [-0.1, -0.05) is 12.1 Å². The fraction of sp³-hybridized carbons (Fsp3) is 0.333. The fourth-order valence-corrected chi connectivity index (χ4v) is 2.42. The van der Waals surface area contributed by atoms with Crippen LogP contribution in [0, 0.1) is 0 Å². The fourth-order valence-electron chi connectivity index (χ4n) is 2.42. The summed E-state index contributed by atoms with van der Waals surface area (Å²) in [6.45, 7) is 5.01. The van der Waals surface area contributed by atoms with Crippen molar-refractivity contribution < 1.29 is 4.74 Å². The molecule has 17 heavy (non-hydrogen) atoms. The van der Waals surface area contributed by atoms with E-state index in [0.717, 1.165) is 6.42 Å². The number of hydrogen-bond acceptors (Lipinski definition) is 1. The highest BCUT2D eigenvalue weighted by Crippen LogP contribution is 2.32. The number of aromatic amines is 1. The molecule has 0 unspecified atom stereocenters. The van der Waals surface area contributed by atoms with Gasteiger partial charge in [-0.25, -0.2) is 0 Å². The lowest BCUT2D eigenvalue weighted by Gasteiger charge is -2.30. The van der Waals surface area contributed by atoms with Gasteiger partial charge in [-0.15, -0.1) is 0 Å². The van der Waals surface area contributed by atoms with Crippen molar-refractivity contribution in [1.29, 1.82) is 0 Å². The van der Waals surface area contributed by atoms with Gasteiger partial charge in [-0.2, -0.15) is 0 Å². The van der Waals surface area contributed by atoms with Crippen molar-refractivity contribution >= 4 is 16.5 Å². The zero-order valence-corrected chi connectivity index (χ0v) is 10.3.